The Labute approximate surface area is 228 Å². The van der Waals surface area contributed by atoms with Gasteiger partial charge in [0.25, 0.3) is 0 Å². The quantitative estimate of drug-likeness (QED) is 0.263. The van der Waals surface area contributed by atoms with E-state index in [1.807, 2.05) is 44.2 Å². The van der Waals surface area contributed by atoms with Crippen LogP contribution in [0.2, 0.25) is 15.1 Å². The second kappa shape index (κ2) is 14.1. The predicted octanol–water partition coefficient (Wildman–Crippen LogP) is 5.18. The highest BCUT2D eigenvalue weighted by Crippen LogP contribution is 2.35. The highest BCUT2D eigenvalue weighted by Gasteiger charge is 2.32. The summed E-state index contributed by atoms with van der Waals surface area (Å²) in [6, 6.07) is 11.4. The normalized spacial score (nSPS) is 12.2. The topological polar surface area (TPSA) is 86.8 Å². The molecule has 0 fully saturated rings. The first-order chi connectivity index (χ1) is 17.0. The fraction of sp³-hybridized carbons (Fsp3) is 0.440. The molecule has 0 saturated carbocycles. The van der Waals surface area contributed by atoms with Gasteiger partial charge in [-0.2, -0.15) is 0 Å². The smallest absolute Gasteiger partial charge is 0.244 e. The maximum atomic E-state index is 13.6. The second-order valence-electron chi connectivity index (χ2n) is 8.38. The molecule has 0 bridgehead atoms. The van der Waals surface area contributed by atoms with Gasteiger partial charge in [-0.3, -0.25) is 13.9 Å². The third-order valence-electron chi connectivity index (χ3n) is 5.64. The van der Waals surface area contributed by atoms with Crippen molar-refractivity contribution in [3.63, 3.8) is 0 Å². The summed E-state index contributed by atoms with van der Waals surface area (Å²) >= 11 is 18.4. The van der Waals surface area contributed by atoms with Gasteiger partial charge in [0.1, 0.15) is 12.6 Å². The third-order valence-corrected chi connectivity index (χ3v) is 7.79. The Kier molecular flexibility index (Phi) is 11.8. The molecule has 1 atom stereocenters. The van der Waals surface area contributed by atoms with E-state index in [0.29, 0.717) is 19.4 Å². The maximum Gasteiger partial charge on any atom is 0.244 e. The summed E-state index contributed by atoms with van der Waals surface area (Å²) in [5, 5.41) is 3.17. The Morgan fingerprint density at radius 1 is 1.00 bits per heavy atom. The summed E-state index contributed by atoms with van der Waals surface area (Å²) in [6.45, 7) is 4.02. The molecule has 7 nitrogen and oxygen atoms in total. The van der Waals surface area contributed by atoms with Gasteiger partial charge in [-0.15, -0.1) is 0 Å². The van der Waals surface area contributed by atoms with Gasteiger partial charge in [-0.1, -0.05) is 85.4 Å². The summed E-state index contributed by atoms with van der Waals surface area (Å²) < 4.78 is 26.3. The van der Waals surface area contributed by atoms with Gasteiger partial charge in [0, 0.05) is 13.1 Å². The minimum Gasteiger partial charge on any atom is -0.354 e. The van der Waals surface area contributed by atoms with E-state index in [0.717, 1.165) is 29.0 Å². The van der Waals surface area contributed by atoms with Gasteiger partial charge in [-0.05, 0) is 37.0 Å². The lowest BCUT2D eigenvalue weighted by Gasteiger charge is -2.33. The molecule has 0 radical (unpaired) electrons. The summed E-state index contributed by atoms with van der Waals surface area (Å²) in [7, 11) is -3.94. The first-order valence-corrected chi connectivity index (χ1v) is 14.7. The summed E-state index contributed by atoms with van der Waals surface area (Å²) in [5.74, 6) is -0.804. The predicted molar refractivity (Wildman–Crippen MR) is 148 cm³/mol. The number of sulfonamides is 1. The molecular weight excluding hydrogens is 545 g/mol. The van der Waals surface area contributed by atoms with Crippen molar-refractivity contribution in [1.29, 1.82) is 0 Å². The molecule has 2 rings (SSSR count). The van der Waals surface area contributed by atoms with Crippen molar-refractivity contribution in [2.45, 2.75) is 45.6 Å². The zero-order valence-corrected chi connectivity index (χ0v) is 23.7. The van der Waals surface area contributed by atoms with Gasteiger partial charge in [0.05, 0.1) is 27.0 Å². The zero-order chi connectivity index (χ0) is 26.9. The molecule has 2 aromatic carbocycles. The number of nitrogens with zero attached hydrogens (tertiary/aromatic N) is 2. The summed E-state index contributed by atoms with van der Waals surface area (Å²) in [5.41, 5.74) is 1.02. The highest BCUT2D eigenvalue weighted by molar-refractivity contribution is 7.92. The van der Waals surface area contributed by atoms with Gasteiger partial charge in [-0.25, -0.2) is 8.42 Å². The lowest BCUT2D eigenvalue weighted by atomic mass is 10.1. The van der Waals surface area contributed by atoms with Crippen molar-refractivity contribution >= 4 is 62.3 Å². The third kappa shape index (κ3) is 8.54. The van der Waals surface area contributed by atoms with Crippen molar-refractivity contribution in [1.82, 2.24) is 10.2 Å². The lowest BCUT2D eigenvalue weighted by molar-refractivity contribution is -0.139. The van der Waals surface area contributed by atoms with Crippen LogP contribution in [0.1, 0.15) is 38.7 Å². The number of rotatable bonds is 13. The molecule has 0 aromatic heterocycles. The van der Waals surface area contributed by atoms with Crippen molar-refractivity contribution in [2.24, 2.45) is 0 Å². The van der Waals surface area contributed by atoms with Crippen LogP contribution < -0.4 is 9.62 Å². The van der Waals surface area contributed by atoms with E-state index < -0.39 is 28.5 Å². The van der Waals surface area contributed by atoms with Crippen LogP contribution in [0.25, 0.3) is 0 Å². The van der Waals surface area contributed by atoms with Gasteiger partial charge < -0.3 is 10.2 Å². The molecule has 0 unspecified atom stereocenters. The largest absolute Gasteiger partial charge is 0.354 e. The molecule has 0 heterocycles. The molecule has 198 valence electrons. The fourth-order valence-electron chi connectivity index (χ4n) is 3.70. The monoisotopic (exact) mass is 575 g/mol. The van der Waals surface area contributed by atoms with Gasteiger partial charge in [0.15, 0.2) is 0 Å². The molecule has 36 heavy (non-hydrogen) atoms. The molecule has 0 aliphatic heterocycles. The number of amides is 2. The molecule has 2 amide bonds. The minimum absolute atomic E-state index is 0.0304. The number of carbonyl (C=O) groups excluding carboxylic acids is 2. The molecular formula is C25H32Cl3N3O4S. The molecule has 0 aliphatic carbocycles. The SMILES string of the molecule is CCCCNC(=O)[C@H](CC)N(CCc1ccccc1)C(=O)CN(c1cc(Cl)c(Cl)cc1Cl)S(C)(=O)=O. The second-order valence-corrected chi connectivity index (χ2v) is 11.5. The van der Waals surface area contributed by atoms with Crippen LogP contribution >= 0.6 is 34.8 Å². The lowest BCUT2D eigenvalue weighted by Crippen LogP contribution is -2.53. The van der Waals surface area contributed by atoms with Crippen molar-refractivity contribution < 1.29 is 18.0 Å². The van der Waals surface area contributed by atoms with Crippen LogP contribution in [0, 0.1) is 0 Å². The van der Waals surface area contributed by atoms with E-state index in [-0.39, 0.29) is 33.2 Å². The van der Waals surface area contributed by atoms with Crippen molar-refractivity contribution in [3.8, 4) is 0 Å². The Bertz CT molecular complexity index is 1150. The first-order valence-electron chi connectivity index (χ1n) is 11.7. The summed E-state index contributed by atoms with van der Waals surface area (Å²) in [4.78, 5) is 28.1. The number of halogens is 3. The number of nitrogens with one attached hydrogen (secondary N) is 1. The standard InChI is InChI=1S/C25H32Cl3N3O4S/c1-4-6-13-29-25(33)22(5-2)30(14-12-18-10-8-7-9-11-18)24(32)17-31(36(3,34)35)23-16-20(27)19(26)15-21(23)28/h7-11,15-16,22H,4-6,12-14,17H2,1-3H3,(H,29,33)/t22-/m0/s1. The minimum atomic E-state index is -3.94. The van der Waals surface area contributed by atoms with E-state index in [9.17, 15) is 18.0 Å². The van der Waals surface area contributed by atoms with Crippen LogP contribution in [0.3, 0.4) is 0 Å². The van der Waals surface area contributed by atoms with Crippen molar-refractivity contribution in [2.75, 3.05) is 30.2 Å². The number of unbranched alkanes of at least 4 members (excludes halogenated alkanes) is 1. The molecule has 0 spiro atoms. The first kappa shape index (κ1) is 30.2. The Morgan fingerprint density at radius 3 is 2.22 bits per heavy atom. The van der Waals surface area contributed by atoms with Gasteiger partial charge >= 0.3 is 0 Å². The van der Waals surface area contributed by atoms with Crippen LogP contribution in [-0.4, -0.2) is 57.1 Å². The van der Waals surface area contributed by atoms with E-state index in [2.05, 4.69) is 5.32 Å². The van der Waals surface area contributed by atoms with Crippen molar-refractivity contribution in [3.05, 3.63) is 63.1 Å². The van der Waals surface area contributed by atoms with Crippen LogP contribution in [0.15, 0.2) is 42.5 Å². The molecule has 0 aliphatic rings. The number of benzene rings is 2. The van der Waals surface area contributed by atoms with Crippen LogP contribution in [0.4, 0.5) is 5.69 Å². The fourth-order valence-corrected chi connectivity index (χ4v) is 5.25. The Hall–Kier alpha value is -2.00. The zero-order valence-electron chi connectivity index (χ0n) is 20.6. The van der Waals surface area contributed by atoms with E-state index >= 15 is 0 Å². The van der Waals surface area contributed by atoms with Gasteiger partial charge in [0.2, 0.25) is 21.8 Å². The van der Waals surface area contributed by atoms with E-state index in [4.69, 9.17) is 34.8 Å². The number of hydrogen-bond acceptors (Lipinski definition) is 4. The average Bonchev–Trinajstić information content (AvgIpc) is 2.82. The molecule has 1 N–H and O–H groups in total. The van der Waals surface area contributed by atoms with Crippen LogP contribution in [-0.2, 0) is 26.0 Å². The Balaban J connectivity index is 2.39. The van der Waals surface area contributed by atoms with Crippen LogP contribution in [0.5, 0.6) is 0 Å². The number of hydrogen-bond donors (Lipinski definition) is 1. The maximum absolute atomic E-state index is 13.6. The summed E-state index contributed by atoms with van der Waals surface area (Å²) in [6.07, 6.45) is 3.57. The molecule has 2 aromatic rings. The van der Waals surface area contributed by atoms with E-state index in [1.54, 1.807) is 0 Å². The highest BCUT2D eigenvalue weighted by atomic mass is 35.5. The Morgan fingerprint density at radius 2 is 1.64 bits per heavy atom. The number of carbonyl (C=O) groups is 2. The molecule has 0 saturated heterocycles. The molecule has 11 heteroatoms. The number of anilines is 1. The van der Waals surface area contributed by atoms with E-state index in [1.165, 1.54) is 17.0 Å². The average molecular weight is 577 g/mol.